The van der Waals surface area contributed by atoms with Crippen LogP contribution >= 0.6 is 34.5 Å². The zero-order valence-corrected chi connectivity index (χ0v) is 13.2. The molecule has 0 spiro atoms. The Morgan fingerprint density at radius 1 is 1.35 bits per heavy atom. The number of nitrogens with zero attached hydrogens (tertiary/aromatic N) is 3. The number of nitrogen functional groups attached to an aromatic ring is 1. The number of halogens is 2. The van der Waals surface area contributed by atoms with E-state index in [4.69, 9.17) is 28.9 Å². The Balaban J connectivity index is 1.95. The van der Waals surface area contributed by atoms with Crippen molar-refractivity contribution in [1.29, 1.82) is 0 Å². The molecule has 0 radical (unpaired) electrons. The molecule has 0 amide bonds. The topological polar surface area (TPSA) is 76.7 Å². The van der Waals surface area contributed by atoms with Gasteiger partial charge >= 0.3 is 0 Å². The number of nitrogens with two attached hydrogens (primary N) is 1. The highest BCUT2D eigenvalue weighted by Gasteiger charge is 2.12. The van der Waals surface area contributed by atoms with Gasteiger partial charge in [0.25, 0.3) is 0 Å². The van der Waals surface area contributed by atoms with E-state index in [9.17, 15) is 0 Å². The fourth-order valence-electron chi connectivity index (χ4n) is 1.68. The first-order valence-electron chi connectivity index (χ1n) is 6.12. The van der Waals surface area contributed by atoms with E-state index in [1.807, 2.05) is 0 Å². The Morgan fingerprint density at radius 2 is 2.15 bits per heavy atom. The maximum atomic E-state index is 5.74. The van der Waals surface area contributed by atoms with Gasteiger partial charge in [0, 0.05) is 6.04 Å². The molecular weight excluding hydrogens is 317 g/mol. The smallest absolute Gasteiger partial charge is 0.228 e. The van der Waals surface area contributed by atoms with Crippen LogP contribution in [0, 0.1) is 0 Å². The molecule has 2 heterocycles. The van der Waals surface area contributed by atoms with Crippen LogP contribution in [0.15, 0.2) is 16.8 Å². The molecule has 5 nitrogen and oxygen atoms in total. The number of aromatic nitrogens is 3. The number of thiophene rings is 1. The van der Waals surface area contributed by atoms with Crippen LogP contribution in [0.3, 0.4) is 0 Å². The van der Waals surface area contributed by atoms with Gasteiger partial charge in [-0.25, -0.2) is 0 Å². The van der Waals surface area contributed by atoms with Crippen LogP contribution in [0.25, 0.3) is 0 Å². The highest BCUT2D eigenvalue weighted by atomic mass is 35.5. The second-order valence-corrected chi connectivity index (χ2v) is 6.27. The Labute approximate surface area is 131 Å². The molecule has 2 aromatic rings. The molecule has 0 bridgehead atoms. The first-order valence-corrected chi connectivity index (χ1v) is 7.93. The van der Waals surface area contributed by atoms with Crippen molar-refractivity contribution in [2.75, 3.05) is 11.1 Å². The molecule has 0 fully saturated rings. The van der Waals surface area contributed by atoms with E-state index in [2.05, 4.69) is 44.0 Å². The molecule has 0 aliphatic heterocycles. The van der Waals surface area contributed by atoms with Crippen molar-refractivity contribution in [3.63, 3.8) is 0 Å². The maximum absolute atomic E-state index is 5.74. The van der Waals surface area contributed by atoms with E-state index in [-0.39, 0.29) is 17.8 Å². The first kappa shape index (κ1) is 15.3. The first-order chi connectivity index (χ1) is 9.54. The van der Waals surface area contributed by atoms with Crippen LogP contribution in [0.2, 0.25) is 0 Å². The molecule has 108 valence electrons. The second-order valence-electron chi connectivity index (χ2n) is 4.39. The summed E-state index contributed by atoms with van der Waals surface area (Å²) in [6.45, 7) is 2.06. The summed E-state index contributed by atoms with van der Waals surface area (Å²) in [6.07, 6.45) is 1.96. The summed E-state index contributed by atoms with van der Waals surface area (Å²) >= 11 is 13.2. The van der Waals surface area contributed by atoms with E-state index in [0.29, 0.717) is 5.95 Å². The number of hydrogen-bond acceptors (Lipinski definition) is 6. The Morgan fingerprint density at radius 3 is 2.80 bits per heavy atom. The lowest BCUT2D eigenvalue weighted by molar-refractivity contribution is 0.697. The van der Waals surface area contributed by atoms with Gasteiger partial charge < -0.3 is 11.1 Å². The highest BCUT2D eigenvalue weighted by molar-refractivity contribution is 7.07. The lowest BCUT2D eigenvalue weighted by Gasteiger charge is -2.14. The lowest BCUT2D eigenvalue weighted by atomic mass is 10.1. The van der Waals surface area contributed by atoms with E-state index in [1.165, 1.54) is 5.56 Å². The second kappa shape index (κ2) is 7.06. The quantitative estimate of drug-likeness (QED) is 0.793. The Bertz CT molecular complexity index is 547. The van der Waals surface area contributed by atoms with Crippen LogP contribution in [-0.2, 0) is 6.42 Å². The van der Waals surface area contributed by atoms with Gasteiger partial charge in [0.15, 0.2) is 10.7 Å². The minimum atomic E-state index is -0.818. The van der Waals surface area contributed by atoms with Crippen molar-refractivity contribution in [2.24, 2.45) is 0 Å². The normalized spacial score (nSPS) is 12.6. The van der Waals surface area contributed by atoms with Crippen molar-refractivity contribution in [1.82, 2.24) is 15.0 Å². The fraction of sp³-hybridized carbons (Fsp3) is 0.417. The number of anilines is 2. The van der Waals surface area contributed by atoms with E-state index in [0.717, 1.165) is 12.8 Å². The molecular formula is C12H15Cl2N5S. The maximum Gasteiger partial charge on any atom is 0.228 e. The monoisotopic (exact) mass is 331 g/mol. The molecule has 2 rings (SSSR count). The van der Waals surface area contributed by atoms with Gasteiger partial charge in [-0.05, 0) is 42.2 Å². The molecule has 0 aliphatic rings. The van der Waals surface area contributed by atoms with Gasteiger partial charge in [0.05, 0.1) is 0 Å². The minimum absolute atomic E-state index is 0.105. The number of hydrogen-bond donors (Lipinski definition) is 2. The summed E-state index contributed by atoms with van der Waals surface area (Å²) in [5, 5.41) is 7.41. The van der Waals surface area contributed by atoms with Crippen molar-refractivity contribution in [3.8, 4) is 0 Å². The molecule has 0 aromatic carbocycles. The third-order valence-corrected chi connectivity index (χ3v) is 3.81. The predicted octanol–water partition coefficient (Wildman–Crippen LogP) is 3.42. The molecule has 1 atom stereocenters. The zero-order chi connectivity index (χ0) is 14.5. The standard InChI is InChI=1S/C12H15Cl2N5S/c1-7(2-3-8-4-5-20-6-8)16-12-18-10(9(13)14)17-11(15)19-12/h4-7,9H,2-3H2,1H3,(H3,15,16,17,18,19). The molecule has 0 saturated heterocycles. The summed E-state index contributed by atoms with van der Waals surface area (Å²) in [7, 11) is 0. The fourth-order valence-corrected chi connectivity index (χ4v) is 2.58. The zero-order valence-electron chi connectivity index (χ0n) is 10.9. The summed E-state index contributed by atoms with van der Waals surface area (Å²) in [4.78, 5) is 11.2. The molecule has 3 N–H and O–H groups in total. The molecule has 8 heteroatoms. The number of alkyl halides is 2. The van der Waals surface area contributed by atoms with Gasteiger partial charge in [0.1, 0.15) is 0 Å². The summed E-state index contributed by atoms with van der Waals surface area (Å²) in [5.41, 5.74) is 6.94. The Hall–Kier alpha value is -1.11. The SMILES string of the molecule is CC(CCc1ccsc1)Nc1nc(N)nc(C(Cl)Cl)n1. The minimum Gasteiger partial charge on any atom is -0.368 e. The molecule has 20 heavy (non-hydrogen) atoms. The van der Waals surface area contributed by atoms with Gasteiger partial charge in [0.2, 0.25) is 11.9 Å². The van der Waals surface area contributed by atoms with E-state index < -0.39 is 4.84 Å². The van der Waals surface area contributed by atoms with Crippen molar-refractivity contribution in [3.05, 3.63) is 28.2 Å². The van der Waals surface area contributed by atoms with Crippen LogP contribution in [0.1, 0.15) is 29.6 Å². The molecule has 0 saturated carbocycles. The van der Waals surface area contributed by atoms with Gasteiger partial charge in [-0.1, -0.05) is 23.2 Å². The van der Waals surface area contributed by atoms with Crippen molar-refractivity contribution >= 4 is 46.4 Å². The number of nitrogens with one attached hydrogen (secondary N) is 1. The summed E-state index contributed by atoms with van der Waals surface area (Å²) in [6, 6.07) is 2.33. The lowest BCUT2D eigenvalue weighted by Crippen LogP contribution is -2.19. The van der Waals surface area contributed by atoms with Crippen molar-refractivity contribution in [2.45, 2.75) is 30.6 Å². The summed E-state index contributed by atoms with van der Waals surface area (Å²) < 4.78 is 0. The molecule has 0 aliphatic carbocycles. The van der Waals surface area contributed by atoms with Crippen LogP contribution in [-0.4, -0.2) is 21.0 Å². The van der Waals surface area contributed by atoms with Gasteiger partial charge in [-0.3, -0.25) is 0 Å². The average molecular weight is 332 g/mol. The average Bonchev–Trinajstić information content (AvgIpc) is 2.88. The molecule has 1 unspecified atom stereocenters. The van der Waals surface area contributed by atoms with Gasteiger partial charge in [-0.15, -0.1) is 0 Å². The predicted molar refractivity (Wildman–Crippen MR) is 84.4 cm³/mol. The third kappa shape index (κ3) is 4.47. The number of aryl methyl sites for hydroxylation is 1. The van der Waals surface area contributed by atoms with E-state index >= 15 is 0 Å². The molecule has 2 aromatic heterocycles. The van der Waals surface area contributed by atoms with Crippen molar-refractivity contribution < 1.29 is 0 Å². The van der Waals surface area contributed by atoms with Crippen LogP contribution in [0.5, 0.6) is 0 Å². The Kier molecular flexibility index (Phi) is 5.39. The third-order valence-electron chi connectivity index (χ3n) is 2.69. The van der Waals surface area contributed by atoms with Crippen LogP contribution in [0.4, 0.5) is 11.9 Å². The van der Waals surface area contributed by atoms with E-state index in [1.54, 1.807) is 11.3 Å². The summed E-state index contributed by atoms with van der Waals surface area (Å²) in [5.74, 6) is 0.763. The largest absolute Gasteiger partial charge is 0.368 e. The highest BCUT2D eigenvalue weighted by Crippen LogP contribution is 2.22. The van der Waals surface area contributed by atoms with Gasteiger partial charge in [-0.2, -0.15) is 26.3 Å². The number of rotatable bonds is 6. The van der Waals surface area contributed by atoms with Crippen LogP contribution < -0.4 is 11.1 Å².